The maximum absolute atomic E-state index is 8.43. The molecule has 0 atom stereocenters. The molecule has 4 heteroatoms. The highest BCUT2D eigenvalue weighted by molar-refractivity contribution is 5.98. The van der Waals surface area contributed by atoms with Crippen LogP contribution in [0.4, 0.5) is 0 Å². The maximum Gasteiger partial charge on any atom is 0.127 e. The van der Waals surface area contributed by atoms with Crippen LogP contribution in [-0.4, -0.2) is 12.3 Å². The largest absolute Gasteiger partial charge is 0.457 e. The van der Waals surface area contributed by atoms with Crippen LogP contribution in [-0.2, 0) is 0 Å². The fraction of sp³-hybridized carbons (Fsp3) is 0.125. The number of benzene rings is 2. The summed E-state index contributed by atoms with van der Waals surface area (Å²) in [6, 6.07) is 19.3. The zero-order valence-electron chi connectivity index (χ0n) is 11.2. The molecule has 0 radical (unpaired) electrons. The molecular weight excluding hydrogens is 250 g/mol. The Morgan fingerprint density at radius 3 is 2.40 bits per heavy atom. The first-order valence-corrected chi connectivity index (χ1v) is 6.27. The Balaban J connectivity index is 2.03. The lowest BCUT2D eigenvalue weighted by Crippen LogP contribution is -2.09. The molecule has 0 aliphatic carbocycles. The number of nitrogens with zero attached hydrogens (tertiary/aromatic N) is 2. The van der Waals surface area contributed by atoms with Crippen molar-refractivity contribution in [3.8, 4) is 17.6 Å². The molecular formula is C16H15N3O. The Bertz CT molecular complexity index is 612. The van der Waals surface area contributed by atoms with Crippen LogP contribution >= 0.6 is 0 Å². The van der Waals surface area contributed by atoms with Gasteiger partial charge in [-0.15, -0.1) is 0 Å². The van der Waals surface area contributed by atoms with Crippen LogP contribution in [0.15, 0.2) is 59.7 Å². The minimum Gasteiger partial charge on any atom is -0.457 e. The third kappa shape index (κ3) is 3.85. The number of para-hydroxylation sites is 1. The molecule has 0 bridgehead atoms. The van der Waals surface area contributed by atoms with Crippen LogP contribution in [0, 0.1) is 11.3 Å². The van der Waals surface area contributed by atoms with Crippen LogP contribution in [0.1, 0.15) is 12.5 Å². The van der Waals surface area contributed by atoms with E-state index in [-0.39, 0.29) is 6.54 Å². The van der Waals surface area contributed by atoms with E-state index in [2.05, 4.69) is 10.5 Å². The highest BCUT2D eigenvalue weighted by Crippen LogP contribution is 2.21. The lowest BCUT2D eigenvalue weighted by Gasteiger charge is -2.06. The molecule has 100 valence electrons. The van der Waals surface area contributed by atoms with Crippen LogP contribution in [0.25, 0.3) is 0 Å². The van der Waals surface area contributed by atoms with E-state index in [9.17, 15) is 0 Å². The lowest BCUT2D eigenvalue weighted by molar-refractivity contribution is 0.482. The molecule has 2 aromatic rings. The average Bonchev–Trinajstić information content (AvgIpc) is 2.49. The summed E-state index contributed by atoms with van der Waals surface area (Å²) in [7, 11) is 0. The molecule has 0 aliphatic heterocycles. The third-order valence-electron chi connectivity index (χ3n) is 2.66. The molecule has 2 rings (SSSR count). The van der Waals surface area contributed by atoms with Gasteiger partial charge in [-0.1, -0.05) is 18.2 Å². The van der Waals surface area contributed by atoms with Crippen molar-refractivity contribution in [1.29, 1.82) is 5.26 Å². The second-order valence-corrected chi connectivity index (χ2v) is 4.13. The highest BCUT2D eigenvalue weighted by Gasteiger charge is 2.00. The van der Waals surface area contributed by atoms with E-state index >= 15 is 0 Å². The van der Waals surface area contributed by atoms with E-state index in [4.69, 9.17) is 10.00 Å². The molecule has 2 aromatic carbocycles. The normalized spacial score (nSPS) is 10.7. The van der Waals surface area contributed by atoms with Crippen molar-refractivity contribution in [2.75, 3.05) is 6.54 Å². The minimum absolute atomic E-state index is 0.201. The monoisotopic (exact) mass is 265 g/mol. The van der Waals surface area contributed by atoms with Crippen molar-refractivity contribution in [3.63, 3.8) is 0 Å². The number of hydrogen-bond acceptors (Lipinski definition) is 4. The summed E-state index contributed by atoms with van der Waals surface area (Å²) in [5, 5.41) is 12.5. The van der Waals surface area contributed by atoms with Crippen LogP contribution < -0.4 is 10.2 Å². The van der Waals surface area contributed by atoms with Gasteiger partial charge in [0.25, 0.3) is 0 Å². The van der Waals surface area contributed by atoms with E-state index in [1.165, 1.54) is 0 Å². The Morgan fingerprint density at radius 2 is 1.75 bits per heavy atom. The van der Waals surface area contributed by atoms with Crippen molar-refractivity contribution in [3.05, 3.63) is 60.2 Å². The topological polar surface area (TPSA) is 57.4 Å². The second-order valence-electron chi connectivity index (χ2n) is 4.13. The van der Waals surface area contributed by atoms with Crippen molar-refractivity contribution in [1.82, 2.24) is 5.43 Å². The first-order valence-electron chi connectivity index (χ1n) is 6.27. The van der Waals surface area contributed by atoms with Gasteiger partial charge in [-0.25, -0.2) is 0 Å². The molecule has 0 aliphatic rings. The summed E-state index contributed by atoms with van der Waals surface area (Å²) in [6.07, 6.45) is 0. The molecule has 0 saturated carbocycles. The summed E-state index contributed by atoms with van der Waals surface area (Å²) in [6.45, 7) is 2.09. The number of hydrogen-bond donors (Lipinski definition) is 1. The Labute approximate surface area is 118 Å². The minimum atomic E-state index is 0.201. The standard InChI is InChI=1S/C16H15N3O/c1-13(19-18-12-11-17)14-7-9-16(10-8-14)20-15-5-3-2-4-6-15/h2-10,18H,12H2,1H3/b19-13+. The highest BCUT2D eigenvalue weighted by atomic mass is 16.5. The SMILES string of the molecule is C/C(=N\NCC#N)c1ccc(Oc2ccccc2)cc1. The molecule has 4 nitrogen and oxygen atoms in total. The van der Waals surface area contributed by atoms with Gasteiger partial charge >= 0.3 is 0 Å². The van der Waals surface area contributed by atoms with Crippen molar-refractivity contribution in [2.45, 2.75) is 6.92 Å². The quantitative estimate of drug-likeness (QED) is 0.390. The zero-order valence-corrected chi connectivity index (χ0v) is 11.2. The molecule has 0 unspecified atom stereocenters. The zero-order chi connectivity index (χ0) is 14.2. The van der Waals surface area contributed by atoms with E-state index in [0.717, 1.165) is 22.8 Å². The van der Waals surface area contributed by atoms with Gasteiger partial charge in [0.1, 0.15) is 18.0 Å². The third-order valence-corrected chi connectivity index (χ3v) is 2.66. The molecule has 0 amide bonds. The Kier molecular flexibility index (Phi) is 4.74. The first-order chi connectivity index (χ1) is 9.79. The second kappa shape index (κ2) is 6.95. The average molecular weight is 265 g/mol. The van der Waals surface area contributed by atoms with Crippen LogP contribution in [0.2, 0.25) is 0 Å². The number of ether oxygens (including phenoxy) is 1. The predicted molar refractivity (Wildman–Crippen MR) is 78.8 cm³/mol. The number of nitriles is 1. The van der Waals surface area contributed by atoms with E-state index < -0.39 is 0 Å². The summed E-state index contributed by atoms with van der Waals surface area (Å²) >= 11 is 0. The van der Waals surface area contributed by atoms with E-state index in [1.807, 2.05) is 67.6 Å². The summed E-state index contributed by atoms with van der Waals surface area (Å²) in [5.74, 6) is 1.58. The Hall–Kier alpha value is -2.80. The van der Waals surface area contributed by atoms with Crippen molar-refractivity contribution < 1.29 is 4.74 Å². The fourth-order valence-corrected chi connectivity index (χ4v) is 1.65. The molecule has 0 fully saturated rings. The van der Waals surface area contributed by atoms with E-state index in [1.54, 1.807) is 0 Å². The first kappa shape index (κ1) is 13.6. The molecule has 20 heavy (non-hydrogen) atoms. The van der Waals surface area contributed by atoms with Gasteiger partial charge in [-0.05, 0) is 48.9 Å². The van der Waals surface area contributed by atoms with Gasteiger partial charge in [0.05, 0.1) is 11.8 Å². The van der Waals surface area contributed by atoms with E-state index in [0.29, 0.717) is 0 Å². The van der Waals surface area contributed by atoms with Gasteiger partial charge in [0.2, 0.25) is 0 Å². The molecule has 0 heterocycles. The number of rotatable bonds is 5. The van der Waals surface area contributed by atoms with Gasteiger partial charge in [0.15, 0.2) is 0 Å². The predicted octanol–water partition coefficient (Wildman–Crippen LogP) is 3.32. The van der Waals surface area contributed by atoms with Gasteiger partial charge in [-0.2, -0.15) is 10.4 Å². The van der Waals surface area contributed by atoms with Crippen LogP contribution in [0.5, 0.6) is 11.5 Å². The van der Waals surface area contributed by atoms with Gasteiger partial charge < -0.3 is 4.74 Å². The Morgan fingerprint density at radius 1 is 1.10 bits per heavy atom. The number of hydrazone groups is 1. The van der Waals surface area contributed by atoms with Crippen molar-refractivity contribution in [2.24, 2.45) is 5.10 Å². The number of nitrogens with one attached hydrogen (secondary N) is 1. The van der Waals surface area contributed by atoms with Gasteiger partial charge in [0, 0.05) is 0 Å². The molecule has 0 spiro atoms. The summed E-state index contributed by atoms with van der Waals surface area (Å²) < 4.78 is 5.71. The molecule has 0 aromatic heterocycles. The van der Waals surface area contributed by atoms with Crippen molar-refractivity contribution >= 4 is 5.71 Å². The van der Waals surface area contributed by atoms with Crippen LogP contribution in [0.3, 0.4) is 0 Å². The summed E-state index contributed by atoms with van der Waals surface area (Å²) in [4.78, 5) is 0. The smallest absolute Gasteiger partial charge is 0.127 e. The van der Waals surface area contributed by atoms with Gasteiger partial charge in [-0.3, -0.25) is 5.43 Å². The molecule has 1 N–H and O–H groups in total. The molecule has 0 saturated heterocycles. The maximum atomic E-state index is 8.43. The lowest BCUT2D eigenvalue weighted by atomic mass is 10.1. The fourth-order valence-electron chi connectivity index (χ4n) is 1.65. The summed E-state index contributed by atoms with van der Waals surface area (Å²) in [5.41, 5.74) is 4.49.